The maximum atomic E-state index is 11.5. The average Bonchev–Trinajstić information content (AvgIpc) is 2.50. The number of benzene rings is 1. The third kappa shape index (κ3) is 5.02. The number of carbonyl (C=O) groups is 1. The second-order valence-corrected chi connectivity index (χ2v) is 5.24. The van der Waals surface area contributed by atoms with Crippen molar-refractivity contribution in [1.82, 2.24) is 9.80 Å². The summed E-state index contributed by atoms with van der Waals surface area (Å²) < 4.78 is 10.7. The molecule has 21 heavy (non-hydrogen) atoms. The van der Waals surface area contributed by atoms with E-state index >= 15 is 0 Å². The van der Waals surface area contributed by atoms with Crippen LogP contribution in [0.1, 0.15) is 17.3 Å². The van der Waals surface area contributed by atoms with Crippen LogP contribution in [0.3, 0.4) is 0 Å². The lowest BCUT2D eigenvalue weighted by Gasteiger charge is -2.32. The lowest BCUT2D eigenvalue weighted by atomic mass is 10.2. The van der Waals surface area contributed by atoms with Crippen LogP contribution < -0.4 is 4.74 Å². The molecule has 2 rings (SSSR count). The Morgan fingerprint density at radius 2 is 1.81 bits per heavy atom. The fourth-order valence-corrected chi connectivity index (χ4v) is 2.27. The highest BCUT2D eigenvalue weighted by atomic mass is 16.5. The first-order valence-electron chi connectivity index (χ1n) is 7.50. The highest BCUT2D eigenvalue weighted by molar-refractivity contribution is 5.89. The van der Waals surface area contributed by atoms with Crippen molar-refractivity contribution in [3.63, 3.8) is 0 Å². The molecule has 1 aromatic rings. The first kappa shape index (κ1) is 15.8. The molecule has 0 aromatic heterocycles. The second kappa shape index (κ2) is 8.00. The van der Waals surface area contributed by atoms with Crippen molar-refractivity contribution in [3.8, 4) is 5.75 Å². The van der Waals surface area contributed by atoms with Crippen LogP contribution in [-0.4, -0.2) is 68.8 Å². The van der Waals surface area contributed by atoms with E-state index < -0.39 is 0 Å². The minimum Gasteiger partial charge on any atom is -0.492 e. The molecule has 0 unspecified atom stereocenters. The van der Waals surface area contributed by atoms with Crippen molar-refractivity contribution in [3.05, 3.63) is 29.8 Å². The summed E-state index contributed by atoms with van der Waals surface area (Å²) in [4.78, 5) is 16.3. The molecule has 1 aliphatic heterocycles. The van der Waals surface area contributed by atoms with Crippen LogP contribution in [0.15, 0.2) is 24.3 Å². The molecule has 0 amide bonds. The molecule has 1 fully saturated rings. The molecule has 5 nitrogen and oxygen atoms in total. The van der Waals surface area contributed by atoms with Crippen molar-refractivity contribution in [1.29, 1.82) is 0 Å². The number of piperazine rings is 1. The van der Waals surface area contributed by atoms with Crippen molar-refractivity contribution in [2.45, 2.75) is 6.92 Å². The summed E-state index contributed by atoms with van der Waals surface area (Å²) in [5, 5.41) is 0. The maximum Gasteiger partial charge on any atom is 0.338 e. The number of likely N-dealkylation sites (N-methyl/N-ethyl adjacent to an activating group) is 1. The van der Waals surface area contributed by atoms with E-state index in [4.69, 9.17) is 9.47 Å². The number of nitrogens with zero attached hydrogens (tertiary/aromatic N) is 2. The molecular formula is C16H24N2O3. The Kier molecular flexibility index (Phi) is 6.02. The smallest absolute Gasteiger partial charge is 0.338 e. The highest BCUT2D eigenvalue weighted by Gasteiger charge is 2.13. The van der Waals surface area contributed by atoms with E-state index in [1.807, 2.05) is 12.1 Å². The third-order valence-electron chi connectivity index (χ3n) is 3.64. The summed E-state index contributed by atoms with van der Waals surface area (Å²) in [6.07, 6.45) is 0. The number of hydrogen-bond acceptors (Lipinski definition) is 5. The van der Waals surface area contributed by atoms with E-state index in [0.717, 1.165) is 38.5 Å². The van der Waals surface area contributed by atoms with E-state index in [2.05, 4.69) is 16.8 Å². The van der Waals surface area contributed by atoms with Gasteiger partial charge in [0.25, 0.3) is 0 Å². The summed E-state index contributed by atoms with van der Waals surface area (Å²) in [5.74, 6) is 0.499. The van der Waals surface area contributed by atoms with E-state index in [1.54, 1.807) is 19.1 Å². The normalized spacial score (nSPS) is 16.7. The standard InChI is InChI=1S/C16H24N2O3/c1-3-20-16(19)14-4-6-15(7-5-14)21-13-12-18-10-8-17(2)9-11-18/h4-7H,3,8-13H2,1-2H3. The molecule has 116 valence electrons. The zero-order valence-corrected chi connectivity index (χ0v) is 12.9. The molecule has 0 aliphatic carbocycles. The largest absolute Gasteiger partial charge is 0.492 e. The van der Waals surface area contributed by atoms with Crippen LogP contribution in [0.5, 0.6) is 5.75 Å². The van der Waals surface area contributed by atoms with Gasteiger partial charge in [-0.1, -0.05) is 0 Å². The summed E-state index contributed by atoms with van der Waals surface area (Å²) in [5.41, 5.74) is 0.559. The Morgan fingerprint density at radius 3 is 2.43 bits per heavy atom. The Balaban J connectivity index is 1.72. The monoisotopic (exact) mass is 292 g/mol. The molecule has 0 bridgehead atoms. The molecule has 1 heterocycles. The molecule has 1 aliphatic rings. The Bertz CT molecular complexity index is 439. The number of ether oxygens (including phenoxy) is 2. The lowest BCUT2D eigenvalue weighted by molar-refractivity contribution is 0.0526. The second-order valence-electron chi connectivity index (χ2n) is 5.24. The Labute approximate surface area is 126 Å². The summed E-state index contributed by atoms with van der Waals surface area (Å²) in [6.45, 7) is 8.23. The minimum absolute atomic E-state index is 0.290. The maximum absolute atomic E-state index is 11.5. The van der Waals surface area contributed by atoms with Crippen LogP contribution in [-0.2, 0) is 4.74 Å². The molecule has 1 saturated heterocycles. The molecular weight excluding hydrogens is 268 g/mol. The van der Waals surface area contributed by atoms with Crippen molar-refractivity contribution >= 4 is 5.97 Å². The van der Waals surface area contributed by atoms with E-state index in [-0.39, 0.29) is 5.97 Å². The van der Waals surface area contributed by atoms with Gasteiger partial charge in [0.05, 0.1) is 12.2 Å². The van der Waals surface area contributed by atoms with Gasteiger partial charge in [-0.2, -0.15) is 0 Å². The predicted octanol–water partition coefficient (Wildman–Crippen LogP) is 1.49. The first-order chi connectivity index (χ1) is 10.2. The van der Waals surface area contributed by atoms with Crippen LogP contribution in [0, 0.1) is 0 Å². The molecule has 1 aromatic carbocycles. The van der Waals surface area contributed by atoms with Crippen molar-refractivity contribution < 1.29 is 14.3 Å². The van der Waals surface area contributed by atoms with Gasteiger partial charge in [0, 0.05) is 32.7 Å². The average molecular weight is 292 g/mol. The fraction of sp³-hybridized carbons (Fsp3) is 0.562. The van der Waals surface area contributed by atoms with Crippen LogP contribution in [0.25, 0.3) is 0 Å². The van der Waals surface area contributed by atoms with E-state index in [1.165, 1.54) is 0 Å². The molecule has 5 heteroatoms. The molecule has 0 saturated carbocycles. The van der Waals surface area contributed by atoms with Gasteiger partial charge in [-0.3, -0.25) is 4.90 Å². The van der Waals surface area contributed by atoms with Crippen LogP contribution in [0.2, 0.25) is 0 Å². The fourth-order valence-electron chi connectivity index (χ4n) is 2.27. The highest BCUT2D eigenvalue weighted by Crippen LogP contribution is 2.13. The number of hydrogen-bond donors (Lipinski definition) is 0. The molecule has 0 radical (unpaired) electrons. The Morgan fingerprint density at radius 1 is 1.14 bits per heavy atom. The van der Waals surface area contributed by atoms with Gasteiger partial charge in [-0.15, -0.1) is 0 Å². The van der Waals surface area contributed by atoms with Crippen LogP contribution in [0.4, 0.5) is 0 Å². The van der Waals surface area contributed by atoms with Gasteiger partial charge in [0.2, 0.25) is 0 Å². The zero-order chi connectivity index (χ0) is 15.1. The lowest BCUT2D eigenvalue weighted by Crippen LogP contribution is -2.45. The summed E-state index contributed by atoms with van der Waals surface area (Å²) in [7, 11) is 2.15. The minimum atomic E-state index is -0.290. The number of esters is 1. The zero-order valence-electron chi connectivity index (χ0n) is 12.9. The van der Waals surface area contributed by atoms with Crippen molar-refractivity contribution in [2.75, 3.05) is 53.0 Å². The van der Waals surface area contributed by atoms with Gasteiger partial charge in [-0.05, 0) is 38.2 Å². The summed E-state index contributed by atoms with van der Waals surface area (Å²) >= 11 is 0. The quantitative estimate of drug-likeness (QED) is 0.743. The molecule has 0 spiro atoms. The van der Waals surface area contributed by atoms with Gasteiger partial charge in [0.1, 0.15) is 12.4 Å². The predicted molar refractivity (Wildman–Crippen MR) is 81.8 cm³/mol. The summed E-state index contributed by atoms with van der Waals surface area (Å²) in [6, 6.07) is 7.11. The number of carbonyl (C=O) groups excluding carboxylic acids is 1. The van der Waals surface area contributed by atoms with Gasteiger partial charge >= 0.3 is 5.97 Å². The van der Waals surface area contributed by atoms with E-state index in [9.17, 15) is 4.79 Å². The Hall–Kier alpha value is -1.59. The van der Waals surface area contributed by atoms with Crippen LogP contribution >= 0.6 is 0 Å². The van der Waals surface area contributed by atoms with Crippen molar-refractivity contribution in [2.24, 2.45) is 0 Å². The third-order valence-corrected chi connectivity index (χ3v) is 3.64. The molecule has 0 N–H and O–H groups in total. The molecule has 0 atom stereocenters. The SMILES string of the molecule is CCOC(=O)c1ccc(OCCN2CCN(C)CC2)cc1. The van der Waals surface area contributed by atoms with Gasteiger partial charge < -0.3 is 14.4 Å². The first-order valence-corrected chi connectivity index (χ1v) is 7.50. The van der Waals surface area contributed by atoms with Gasteiger partial charge in [-0.25, -0.2) is 4.79 Å². The van der Waals surface area contributed by atoms with Gasteiger partial charge in [0.15, 0.2) is 0 Å². The number of rotatable bonds is 6. The van der Waals surface area contributed by atoms with E-state index in [0.29, 0.717) is 18.8 Å². The topological polar surface area (TPSA) is 42.0 Å².